The van der Waals surface area contributed by atoms with Crippen molar-refractivity contribution in [3.63, 3.8) is 0 Å². The fourth-order valence-corrected chi connectivity index (χ4v) is 1.66. The standard InChI is InChI=1S/C7H13NO2/c9-7(4-10-5-7)6-2-1-3-8-6/h6,8-9H,1-5H2. The number of nitrogens with one attached hydrogen (secondary N) is 1. The molecule has 0 aliphatic carbocycles. The van der Waals surface area contributed by atoms with Crippen molar-refractivity contribution in [1.29, 1.82) is 0 Å². The molecule has 3 heteroatoms. The smallest absolute Gasteiger partial charge is 0.126 e. The summed E-state index contributed by atoms with van der Waals surface area (Å²) in [6.07, 6.45) is 2.28. The largest absolute Gasteiger partial charge is 0.383 e. The number of ether oxygens (including phenoxy) is 1. The maximum Gasteiger partial charge on any atom is 0.126 e. The molecule has 2 N–H and O–H groups in total. The van der Waals surface area contributed by atoms with E-state index in [1.54, 1.807) is 0 Å². The van der Waals surface area contributed by atoms with E-state index in [0.29, 0.717) is 19.3 Å². The average molecular weight is 143 g/mol. The molecule has 0 bridgehead atoms. The van der Waals surface area contributed by atoms with Gasteiger partial charge < -0.3 is 15.2 Å². The Morgan fingerprint density at radius 2 is 2.30 bits per heavy atom. The highest BCUT2D eigenvalue weighted by Gasteiger charge is 2.44. The number of rotatable bonds is 1. The van der Waals surface area contributed by atoms with Gasteiger partial charge in [-0.05, 0) is 19.4 Å². The van der Waals surface area contributed by atoms with Crippen molar-refractivity contribution in [2.75, 3.05) is 19.8 Å². The summed E-state index contributed by atoms with van der Waals surface area (Å²) in [7, 11) is 0. The first kappa shape index (κ1) is 6.58. The first-order valence-corrected chi connectivity index (χ1v) is 3.85. The third-order valence-electron chi connectivity index (χ3n) is 2.41. The van der Waals surface area contributed by atoms with Crippen molar-refractivity contribution in [2.45, 2.75) is 24.5 Å². The van der Waals surface area contributed by atoms with Crippen LogP contribution in [0.5, 0.6) is 0 Å². The van der Waals surface area contributed by atoms with Gasteiger partial charge >= 0.3 is 0 Å². The van der Waals surface area contributed by atoms with Gasteiger partial charge in [0.15, 0.2) is 0 Å². The zero-order valence-corrected chi connectivity index (χ0v) is 5.97. The van der Waals surface area contributed by atoms with E-state index in [0.717, 1.165) is 13.0 Å². The second kappa shape index (κ2) is 2.19. The average Bonchev–Trinajstić information content (AvgIpc) is 2.33. The Balaban J connectivity index is 1.96. The van der Waals surface area contributed by atoms with Crippen LogP contribution in [0.1, 0.15) is 12.8 Å². The van der Waals surface area contributed by atoms with Crippen LogP contribution in [-0.2, 0) is 4.74 Å². The van der Waals surface area contributed by atoms with Gasteiger partial charge in [-0.2, -0.15) is 0 Å². The van der Waals surface area contributed by atoms with Gasteiger partial charge in [0.25, 0.3) is 0 Å². The molecule has 2 rings (SSSR count). The lowest BCUT2D eigenvalue weighted by molar-refractivity contribution is -0.192. The third kappa shape index (κ3) is 0.856. The molecule has 0 aromatic heterocycles. The van der Waals surface area contributed by atoms with Gasteiger partial charge in [-0.15, -0.1) is 0 Å². The van der Waals surface area contributed by atoms with Gasteiger partial charge in [-0.25, -0.2) is 0 Å². The summed E-state index contributed by atoms with van der Waals surface area (Å²) in [5.41, 5.74) is -0.531. The molecule has 10 heavy (non-hydrogen) atoms. The van der Waals surface area contributed by atoms with Gasteiger partial charge in [-0.3, -0.25) is 0 Å². The molecular formula is C7H13NO2. The van der Waals surface area contributed by atoms with E-state index < -0.39 is 5.60 Å². The number of hydrogen-bond acceptors (Lipinski definition) is 3. The molecule has 2 fully saturated rings. The summed E-state index contributed by atoms with van der Waals surface area (Å²) >= 11 is 0. The van der Waals surface area contributed by atoms with Crippen molar-refractivity contribution in [3.05, 3.63) is 0 Å². The number of hydrogen-bond donors (Lipinski definition) is 2. The zero-order valence-electron chi connectivity index (χ0n) is 5.97. The van der Waals surface area contributed by atoms with Crippen molar-refractivity contribution in [2.24, 2.45) is 0 Å². The maximum atomic E-state index is 9.72. The van der Waals surface area contributed by atoms with Crippen molar-refractivity contribution in [3.8, 4) is 0 Å². The van der Waals surface area contributed by atoms with Gasteiger partial charge in [0.2, 0.25) is 0 Å². The molecule has 0 spiro atoms. The molecule has 2 aliphatic rings. The fraction of sp³-hybridized carbons (Fsp3) is 1.00. The van der Waals surface area contributed by atoms with Crippen LogP contribution < -0.4 is 5.32 Å². The van der Waals surface area contributed by atoms with Crippen LogP contribution in [0.25, 0.3) is 0 Å². The molecular weight excluding hydrogens is 130 g/mol. The summed E-state index contributed by atoms with van der Waals surface area (Å²) in [5, 5.41) is 13.0. The van der Waals surface area contributed by atoms with Gasteiger partial charge in [0, 0.05) is 6.04 Å². The Kier molecular flexibility index (Phi) is 1.44. The summed E-state index contributed by atoms with van der Waals surface area (Å²) in [4.78, 5) is 0. The van der Waals surface area contributed by atoms with Gasteiger partial charge in [-0.1, -0.05) is 0 Å². The SMILES string of the molecule is OC1(C2CCCN2)COC1. The third-order valence-corrected chi connectivity index (χ3v) is 2.41. The molecule has 0 radical (unpaired) electrons. The molecule has 0 amide bonds. The van der Waals surface area contributed by atoms with Gasteiger partial charge in [0.05, 0.1) is 13.2 Å². The highest BCUT2D eigenvalue weighted by atomic mass is 16.5. The maximum absolute atomic E-state index is 9.72. The molecule has 1 unspecified atom stereocenters. The quantitative estimate of drug-likeness (QED) is 0.520. The molecule has 3 nitrogen and oxygen atoms in total. The normalized spacial score (nSPS) is 37.5. The van der Waals surface area contributed by atoms with Crippen LogP contribution in [0.2, 0.25) is 0 Å². The predicted octanol–water partition coefficient (Wildman–Crippen LogP) is -0.500. The Hall–Kier alpha value is -0.120. The zero-order chi connectivity index (χ0) is 7.03. The van der Waals surface area contributed by atoms with Crippen LogP contribution in [0.15, 0.2) is 0 Å². The Bertz CT molecular complexity index is 128. The lowest BCUT2D eigenvalue weighted by Gasteiger charge is -2.41. The molecule has 2 heterocycles. The summed E-state index contributed by atoms with van der Waals surface area (Å²) < 4.78 is 4.96. The van der Waals surface area contributed by atoms with Crippen LogP contribution in [0.3, 0.4) is 0 Å². The Labute approximate surface area is 60.4 Å². The van der Waals surface area contributed by atoms with Gasteiger partial charge in [0.1, 0.15) is 5.60 Å². The predicted molar refractivity (Wildman–Crippen MR) is 36.8 cm³/mol. The summed E-state index contributed by atoms with van der Waals surface area (Å²) in [6, 6.07) is 0.293. The molecule has 2 saturated heterocycles. The van der Waals surface area contributed by atoms with E-state index in [9.17, 15) is 5.11 Å². The monoisotopic (exact) mass is 143 g/mol. The lowest BCUT2D eigenvalue weighted by atomic mass is 9.91. The molecule has 0 aromatic carbocycles. The lowest BCUT2D eigenvalue weighted by Crippen LogP contribution is -2.61. The van der Waals surface area contributed by atoms with Crippen LogP contribution in [-0.4, -0.2) is 36.5 Å². The first-order valence-electron chi connectivity index (χ1n) is 3.85. The van der Waals surface area contributed by atoms with Crippen molar-refractivity contribution >= 4 is 0 Å². The highest BCUT2D eigenvalue weighted by molar-refractivity contribution is 4.98. The molecule has 2 aliphatic heterocycles. The van der Waals surface area contributed by atoms with Crippen molar-refractivity contribution < 1.29 is 9.84 Å². The van der Waals surface area contributed by atoms with E-state index in [1.165, 1.54) is 6.42 Å². The first-order chi connectivity index (χ1) is 4.81. The van der Waals surface area contributed by atoms with E-state index in [2.05, 4.69) is 5.32 Å². The van der Waals surface area contributed by atoms with E-state index in [4.69, 9.17) is 4.74 Å². The topological polar surface area (TPSA) is 41.5 Å². The molecule has 0 saturated carbocycles. The minimum Gasteiger partial charge on any atom is -0.383 e. The van der Waals surface area contributed by atoms with Crippen LogP contribution in [0, 0.1) is 0 Å². The van der Waals surface area contributed by atoms with E-state index in [1.807, 2.05) is 0 Å². The second-order valence-corrected chi connectivity index (χ2v) is 3.25. The van der Waals surface area contributed by atoms with E-state index in [-0.39, 0.29) is 0 Å². The van der Waals surface area contributed by atoms with E-state index >= 15 is 0 Å². The minimum absolute atomic E-state index is 0.293. The molecule has 0 aromatic rings. The second-order valence-electron chi connectivity index (χ2n) is 3.25. The number of aliphatic hydroxyl groups is 1. The fourth-order valence-electron chi connectivity index (χ4n) is 1.66. The minimum atomic E-state index is -0.531. The van der Waals surface area contributed by atoms with Crippen LogP contribution >= 0.6 is 0 Å². The Morgan fingerprint density at radius 1 is 1.50 bits per heavy atom. The van der Waals surface area contributed by atoms with Crippen molar-refractivity contribution in [1.82, 2.24) is 5.32 Å². The summed E-state index contributed by atoms with van der Waals surface area (Å²) in [5.74, 6) is 0. The summed E-state index contributed by atoms with van der Waals surface area (Å²) in [6.45, 7) is 2.09. The molecule has 58 valence electrons. The highest BCUT2D eigenvalue weighted by Crippen LogP contribution is 2.26. The van der Waals surface area contributed by atoms with Crippen LogP contribution in [0.4, 0.5) is 0 Å². The Morgan fingerprint density at radius 3 is 2.70 bits per heavy atom. The molecule has 1 atom stereocenters.